The van der Waals surface area contributed by atoms with Crippen molar-refractivity contribution in [1.29, 1.82) is 5.41 Å². The molecule has 0 aliphatic rings. The molecule has 3 aromatic carbocycles. The summed E-state index contributed by atoms with van der Waals surface area (Å²) in [4.78, 5) is 30.1. The lowest BCUT2D eigenvalue weighted by atomic mass is 10.3. The van der Waals surface area contributed by atoms with Crippen LogP contribution < -0.4 is 21.6 Å². The molecule has 0 bridgehead atoms. The molecule has 2 amide bonds. The predicted molar refractivity (Wildman–Crippen MR) is 154 cm³/mol. The summed E-state index contributed by atoms with van der Waals surface area (Å²) in [6.07, 6.45) is 0.787. The van der Waals surface area contributed by atoms with E-state index < -0.39 is 7.26 Å². The molecule has 0 saturated carbocycles. The summed E-state index contributed by atoms with van der Waals surface area (Å²) >= 11 is 0. The highest BCUT2D eigenvalue weighted by Crippen LogP contribution is 2.55. The van der Waals surface area contributed by atoms with E-state index in [0.29, 0.717) is 19.6 Å². The van der Waals surface area contributed by atoms with E-state index in [1.165, 1.54) is 20.8 Å². The van der Waals surface area contributed by atoms with Crippen LogP contribution in [0, 0.1) is 5.41 Å². The average molecular weight is 519 g/mol. The Morgan fingerprint density at radius 2 is 1.16 bits per heavy atom. The lowest BCUT2D eigenvalue weighted by Crippen LogP contribution is -2.45. The second kappa shape index (κ2) is 13.0. The van der Waals surface area contributed by atoms with Crippen LogP contribution in [0.15, 0.2) is 91.0 Å². The fraction of sp³-hybridized carbons (Fsp3) is 0.276. The van der Waals surface area contributed by atoms with Gasteiger partial charge in [-0.15, -0.1) is 0 Å². The van der Waals surface area contributed by atoms with E-state index in [2.05, 4.69) is 72.8 Å². The van der Waals surface area contributed by atoms with Crippen molar-refractivity contribution in [2.45, 2.75) is 6.92 Å². The van der Waals surface area contributed by atoms with Crippen LogP contribution in [0.25, 0.3) is 0 Å². The molecule has 0 aliphatic heterocycles. The maximum Gasteiger partial charge on any atom is 0.241 e. The molecule has 194 valence electrons. The molecule has 3 aromatic rings. The van der Waals surface area contributed by atoms with E-state index in [-0.39, 0.29) is 24.3 Å². The van der Waals surface area contributed by atoms with Crippen molar-refractivity contribution in [2.24, 2.45) is 5.73 Å². The van der Waals surface area contributed by atoms with Crippen molar-refractivity contribution in [3.05, 3.63) is 91.0 Å². The number of rotatable bonds is 11. The van der Waals surface area contributed by atoms with Gasteiger partial charge in [-0.1, -0.05) is 54.6 Å². The SMILES string of the molecule is CC(=O)N(CCN(C)C(=O)CN(C)C(=N)N)CC[P+](c1ccccc1)(c1ccccc1)c1ccccc1. The first-order chi connectivity index (χ1) is 17.8. The van der Waals surface area contributed by atoms with Crippen LogP contribution in [-0.4, -0.2) is 78.9 Å². The summed E-state index contributed by atoms with van der Waals surface area (Å²) in [7, 11) is 1.26. The maximum atomic E-state index is 12.7. The third-order valence-corrected chi connectivity index (χ3v) is 11.1. The lowest BCUT2D eigenvalue weighted by molar-refractivity contribution is -0.133. The van der Waals surface area contributed by atoms with Gasteiger partial charge in [-0.3, -0.25) is 15.0 Å². The Labute approximate surface area is 220 Å². The predicted octanol–water partition coefficient (Wildman–Crippen LogP) is 2.11. The zero-order chi connectivity index (χ0) is 26.8. The minimum absolute atomic E-state index is 0.0195. The fourth-order valence-corrected chi connectivity index (χ4v) is 8.64. The number of nitrogens with two attached hydrogens (primary N) is 1. The second-order valence-electron chi connectivity index (χ2n) is 9.10. The molecule has 0 atom stereocenters. The molecular formula is C29H37N5O2P+. The van der Waals surface area contributed by atoms with E-state index in [0.717, 1.165) is 6.16 Å². The molecule has 0 unspecified atom stereocenters. The largest absolute Gasteiger partial charge is 0.370 e. The number of nitrogens with one attached hydrogen (secondary N) is 1. The highest BCUT2D eigenvalue weighted by Gasteiger charge is 2.45. The summed E-state index contributed by atoms with van der Waals surface area (Å²) in [5.74, 6) is -0.329. The van der Waals surface area contributed by atoms with E-state index in [4.69, 9.17) is 11.1 Å². The number of hydrogen-bond acceptors (Lipinski definition) is 3. The number of carbonyl (C=O) groups is 2. The zero-order valence-electron chi connectivity index (χ0n) is 21.9. The van der Waals surface area contributed by atoms with Gasteiger partial charge in [0, 0.05) is 34.1 Å². The minimum Gasteiger partial charge on any atom is -0.370 e. The molecule has 3 N–H and O–H groups in total. The standard InChI is InChI=1S/C29H37N5O2P/c1-24(35)34(20-19-32(2)28(36)23-33(3)29(30)31)21-22-37(25-13-7-4-8-14-25,26-15-9-5-10-16-26)27-17-11-6-12-18-27/h4-18H,19-23H2,1-3H3,(H3,30,31)/q+1. The third kappa shape index (κ3) is 6.95. The molecule has 8 heteroatoms. The van der Waals surface area contributed by atoms with Crippen molar-refractivity contribution in [3.8, 4) is 0 Å². The van der Waals surface area contributed by atoms with E-state index >= 15 is 0 Å². The molecular weight excluding hydrogens is 481 g/mol. The van der Waals surface area contributed by atoms with Crippen molar-refractivity contribution < 1.29 is 9.59 Å². The van der Waals surface area contributed by atoms with Crippen LogP contribution in [0.5, 0.6) is 0 Å². The number of likely N-dealkylation sites (N-methyl/N-ethyl adjacent to an activating group) is 2. The van der Waals surface area contributed by atoms with E-state index in [1.54, 1.807) is 25.9 Å². The van der Waals surface area contributed by atoms with Gasteiger partial charge in [-0.05, 0) is 36.4 Å². The van der Waals surface area contributed by atoms with Crippen molar-refractivity contribution in [3.63, 3.8) is 0 Å². The Morgan fingerprint density at radius 1 is 0.730 bits per heavy atom. The van der Waals surface area contributed by atoms with Crippen molar-refractivity contribution >= 4 is 41.0 Å². The summed E-state index contributed by atoms with van der Waals surface area (Å²) in [5.41, 5.74) is 5.46. The molecule has 0 spiro atoms. The number of amides is 2. The van der Waals surface area contributed by atoms with Crippen LogP contribution in [0.2, 0.25) is 0 Å². The summed E-state index contributed by atoms with van der Waals surface area (Å²) < 4.78 is 0. The highest BCUT2D eigenvalue weighted by atomic mass is 31.2. The summed E-state index contributed by atoms with van der Waals surface area (Å²) in [6.45, 7) is 3.00. The lowest BCUT2D eigenvalue weighted by Gasteiger charge is -2.31. The average Bonchev–Trinajstić information content (AvgIpc) is 2.91. The van der Waals surface area contributed by atoms with Gasteiger partial charge in [-0.2, -0.15) is 0 Å². The van der Waals surface area contributed by atoms with E-state index in [1.807, 2.05) is 23.1 Å². The monoisotopic (exact) mass is 518 g/mol. The molecule has 0 fully saturated rings. The Hall–Kier alpha value is -3.70. The molecule has 7 nitrogen and oxygen atoms in total. The molecule has 37 heavy (non-hydrogen) atoms. The normalized spacial score (nSPS) is 11.0. The number of guanidine groups is 1. The first-order valence-corrected chi connectivity index (χ1v) is 14.3. The Kier molecular flexibility index (Phi) is 9.81. The maximum absolute atomic E-state index is 12.7. The minimum atomic E-state index is -2.06. The second-order valence-corrected chi connectivity index (χ2v) is 12.7. The van der Waals surface area contributed by atoms with Gasteiger partial charge >= 0.3 is 0 Å². The van der Waals surface area contributed by atoms with Gasteiger partial charge in [0.1, 0.15) is 23.2 Å². The van der Waals surface area contributed by atoms with Gasteiger partial charge in [-0.25, -0.2) is 0 Å². The Morgan fingerprint density at radius 3 is 1.54 bits per heavy atom. The van der Waals surface area contributed by atoms with Crippen molar-refractivity contribution in [2.75, 3.05) is 46.4 Å². The van der Waals surface area contributed by atoms with Crippen LogP contribution in [0.4, 0.5) is 0 Å². The Balaban J connectivity index is 1.88. The third-order valence-electron chi connectivity index (χ3n) is 6.66. The molecule has 0 aliphatic carbocycles. The first kappa shape index (κ1) is 27.9. The van der Waals surface area contributed by atoms with Crippen LogP contribution in [0.3, 0.4) is 0 Å². The van der Waals surface area contributed by atoms with Gasteiger partial charge in [0.25, 0.3) is 0 Å². The van der Waals surface area contributed by atoms with Gasteiger partial charge < -0.3 is 20.4 Å². The first-order valence-electron chi connectivity index (χ1n) is 12.3. The van der Waals surface area contributed by atoms with Gasteiger partial charge in [0.15, 0.2) is 5.96 Å². The molecule has 0 aromatic heterocycles. The van der Waals surface area contributed by atoms with Gasteiger partial charge in [0.05, 0.1) is 19.3 Å². The zero-order valence-corrected chi connectivity index (χ0v) is 22.8. The quantitative estimate of drug-likeness (QED) is 0.231. The molecule has 0 heterocycles. The molecule has 3 rings (SSSR count). The van der Waals surface area contributed by atoms with Crippen LogP contribution in [0.1, 0.15) is 6.92 Å². The summed E-state index contributed by atoms with van der Waals surface area (Å²) in [5, 5.41) is 11.3. The van der Waals surface area contributed by atoms with Gasteiger partial charge in [0.2, 0.25) is 11.8 Å². The number of benzene rings is 3. The molecule has 0 radical (unpaired) electrons. The number of carbonyl (C=O) groups excluding carboxylic acids is 2. The van der Waals surface area contributed by atoms with E-state index in [9.17, 15) is 9.59 Å². The molecule has 0 saturated heterocycles. The fourth-order valence-electron chi connectivity index (χ4n) is 4.38. The number of nitrogens with zero attached hydrogens (tertiary/aromatic N) is 3. The summed E-state index contributed by atoms with van der Waals surface area (Å²) in [6, 6.07) is 31.8. The topological polar surface area (TPSA) is 93.7 Å². The smallest absolute Gasteiger partial charge is 0.241 e. The highest BCUT2D eigenvalue weighted by molar-refractivity contribution is 7.95. The Bertz CT molecular complexity index is 1080. The number of hydrogen-bond donors (Lipinski definition) is 2. The van der Waals surface area contributed by atoms with Crippen molar-refractivity contribution in [1.82, 2.24) is 14.7 Å². The van der Waals surface area contributed by atoms with Crippen LogP contribution >= 0.6 is 7.26 Å². The van der Waals surface area contributed by atoms with Crippen LogP contribution in [-0.2, 0) is 9.59 Å².